The van der Waals surface area contributed by atoms with Crippen molar-refractivity contribution in [3.63, 3.8) is 0 Å². The first-order chi connectivity index (χ1) is 22.0. The maximum Gasteiger partial charge on any atom is 0.347 e. The average molecular weight is 672 g/mol. The number of carbonyl (C=O) groups is 3. The molecule has 5 amide bonds. The highest BCUT2D eigenvalue weighted by atomic mass is 35.5. The maximum atomic E-state index is 13.9. The van der Waals surface area contributed by atoms with E-state index >= 15 is 0 Å². The molecule has 1 atom stereocenters. The van der Waals surface area contributed by atoms with Crippen molar-refractivity contribution in [2.45, 2.75) is 44.8 Å². The van der Waals surface area contributed by atoms with E-state index in [1.807, 2.05) is 0 Å². The molecule has 0 aromatic heterocycles. The Balaban J connectivity index is 1.41. The molecule has 0 saturated carbocycles. The molecule has 46 heavy (non-hydrogen) atoms. The lowest BCUT2D eigenvalue weighted by molar-refractivity contribution is -0.121. The predicted molar refractivity (Wildman–Crippen MR) is 177 cm³/mol. The number of methoxy groups -OCH3 is 2. The molecule has 12 nitrogen and oxygen atoms in total. The second kappa shape index (κ2) is 15.2. The van der Waals surface area contributed by atoms with Gasteiger partial charge in [0, 0.05) is 34.4 Å². The van der Waals surface area contributed by atoms with Crippen LogP contribution in [-0.4, -0.2) is 71.8 Å². The zero-order valence-corrected chi connectivity index (χ0v) is 27.4. The van der Waals surface area contributed by atoms with E-state index in [1.165, 1.54) is 24.3 Å². The topological polar surface area (TPSA) is 136 Å². The van der Waals surface area contributed by atoms with Gasteiger partial charge in [-0.3, -0.25) is 14.9 Å². The number of rotatable bonds is 12. The van der Waals surface area contributed by atoms with Crippen molar-refractivity contribution in [1.82, 2.24) is 15.4 Å². The summed E-state index contributed by atoms with van der Waals surface area (Å²) in [6.07, 6.45) is 1.46. The van der Waals surface area contributed by atoms with Crippen molar-refractivity contribution in [2.24, 2.45) is 5.10 Å². The van der Waals surface area contributed by atoms with Crippen LogP contribution in [0, 0.1) is 0 Å². The number of nitrogens with zero attached hydrogens (tertiary/aromatic N) is 4. The normalized spacial score (nSPS) is 15.6. The fourth-order valence-corrected chi connectivity index (χ4v) is 5.56. The van der Waals surface area contributed by atoms with Crippen molar-refractivity contribution in [2.75, 3.05) is 31.0 Å². The molecule has 244 valence electrons. The summed E-state index contributed by atoms with van der Waals surface area (Å²) >= 11 is 12.3. The molecule has 1 saturated heterocycles. The summed E-state index contributed by atoms with van der Waals surface area (Å²) in [7, 11) is 3.08. The van der Waals surface area contributed by atoms with Gasteiger partial charge in [-0.25, -0.2) is 15.0 Å². The third-order valence-electron chi connectivity index (χ3n) is 7.46. The van der Waals surface area contributed by atoms with Gasteiger partial charge >= 0.3 is 12.1 Å². The lowest BCUT2D eigenvalue weighted by Crippen LogP contribution is -2.58. The van der Waals surface area contributed by atoms with E-state index in [0.717, 1.165) is 0 Å². The largest absolute Gasteiger partial charge is 0.493 e. The van der Waals surface area contributed by atoms with E-state index in [1.54, 1.807) is 86.5 Å². The van der Waals surface area contributed by atoms with E-state index in [-0.39, 0.29) is 18.9 Å². The summed E-state index contributed by atoms with van der Waals surface area (Å²) in [6.45, 7) is 3.77. The number of urea groups is 2. The molecule has 1 fully saturated rings. The van der Waals surface area contributed by atoms with E-state index in [4.69, 9.17) is 32.7 Å². The highest BCUT2D eigenvalue weighted by Gasteiger charge is 2.55. The smallest absolute Gasteiger partial charge is 0.347 e. The molecule has 0 bridgehead atoms. The molecule has 0 aliphatic carbocycles. The van der Waals surface area contributed by atoms with Gasteiger partial charge in [-0.15, -0.1) is 0 Å². The number of carbonyl (C=O) groups excluding carboxylic acids is 3. The van der Waals surface area contributed by atoms with Crippen LogP contribution in [0.1, 0.15) is 38.7 Å². The van der Waals surface area contributed by atoms with Gasteiger partial charge in [0.1, 0.15) is 0 Å². The van der Waals surface area contributed by atoms with Gasteiger partial charge in [0.2, 0.25) is 5.91 Å². The number of amides is 5. The molecule has 3 aromatic carbocycles. The van der Waals surface area contributed by atoms with Gasteiger partial charge < -0.3 is 19.7 Å². The second-order valence-corrected chi connectivity index (χ2v) is 11.8. The van der Waals surface area contributed by atoms with Gasteiger partial charge in [0.15, 0.2) is 17.7 Å². The number of ether oxygens (including phenoxy) is 2. The number of anilines is 2. The number of halogens is 2. The summed E-state index contributed by atoms with van der Waals surface area (Å²) in [4.78, 5) is 42.4. The van der Waals surface area contributed by atoms with Crippen LogP contribution in [0.5, 0.6) is 11.5 Å². The first kappa shape index (κ1) is 34.4. The average Bonchev–Trinajstić information content (AvgIpc) is 3.22. The van der Waals surface area contributed by atoms with Crippen molar-refractivity contribution in [3.05, 3.63) is 82.3 Å². The Morgan fingerprint density at radius 3 is 2.37 bits per heavy atom. The summed E-state index contributed by atoms with van der Waals surface area (Å²) in [6, 6.07) is 17.0. The fourth-order valence-electron chi connectivity index (χ4n) is 5.19. The number of nitrogens with one attached hydrogen (secondary N) is 2. The highest BCUT2D eigenvalue weighted by Crippen LogP contribution is 2.39. The van der Waals surface area contributed by atoms with Crippen LogP contribution >= 0.6 is 23.2 Å². The summed E-state index contributed by atoms with van der Waals surface area (Å²) in [5.74, 6) is 0.832. The zero-order chi connectivity index (χ0) is 33.4. The van der Waals surface area contributed by atoms with Crippen LogP contribution in [0.3, 0.4) is 0 Å². The third-order valence-corrected chi connectivity index (χ3v) is 7.93. The maximum absolute atomic E-state index is 13.9. The number of hydrogen-bond acceptors (Lipinski definition) is 7. The summed E-state index contributed by atoms with van der Waals surface area (Å²) in [5, 5.41) is 19.2. The lowest BCUT2D eigenvalue weighted by Gasteiger charge is -2.38. The number of hydrogen-bond donors (Lipinski definition) is 3. The van der Waals surface area contributed by atoms with Crippen LogP contribution in [0.4, 0.5) is 21.0 Å². The second-order valence-electron chi connectivity index (χ2n) is 11.0. The standard InChI is InChI=1S/C32H36Cl2N6O6/c1-32(2)29(40(44)30(42)36-24-11-7-9-22(33)18-24)39(25-12-8-10-23(34)19-25)31(43)38(32)16-6-5-13-28(41)37-35-20-21-14-15-26(45-3)27(17-21)46-4/h7-12,14-15,17-20,29,44H,5-6,13,16H2,1-4H3,(H,36,42)(H,37,41)/b35-20-/t29-/m1/s1. The fraction of sp³-hybridized carbons (Fsp3) is 0.312. The molecular weight excluding hydrogens is 635 g/mol. The van der Waals surface area contributed by atoms with Crippen LogP contribution in [0.25, 0.3) is 0 Å². The van der Waals surface area contributed by atoms with Crippen molar-refractivity contribution >= 4 is 58.8 Å². The molecule has 1 aliphatic rings. The number of benzene rings is 3. The van der Waals surface area contributed by atoms with Crippen molar-refractivity contribution < 1.29 is 29.1 Å². The van der Waals surface area contributed by atoms with Gasteiger partial charge in [-0.1, -0.05) is 35.3 Å². The zero-order valence-electron chi connectivity index (χ0n) is 25.9. The molecule has 4 rings (SSSR count). The Labute approximate surface area is 277 Å². The lowest BCUT2D eigenvalue weighted by atomic mass is 9.99. The molecule has 0 radical (unpaired) electrons. The highest BCUT2D eigenvalue weighted by molar-refractivity contribution is 6.31. The van der Waals surface area contributed by atoms with Gasteiger partial charge in [0.25, 0.3) is 0 Å². The number of hydroxylamine groups is 2. The van der Waals surface area contributed by atoms with E-state index < -0.39 is 23.8 Å². The molecule has 1 aliphatic heterocycles. The van der Waals surface area contributed by atoms with E-state index in [0.29, 0.717) is 56.4 Å². The number of hydrazone groups is 1. The molecule has 14 heteroatoms. The molecular formula is C32H36Cl2N6O6. The minimum absolute atomic E-state index is 0.168. The Morgan fingerprint density at radius 1 is 1.00 bits per heavy atom. The Bertz CT molecular complexity index is 1600. The number of unbranched alkanes of at least 4 members (excludes halogenated alkanes) is 1. The quantitative estimate of drug-likeness (QED) is 0.0860. The minimum Gasteiger partial charge on any atom is -0.493 e. The summed E-state index contributed by atoms with van der Waals surface area (Å²) in [5.41, 5.74) is 2.93. The van der Waals surface area contributed by atoms with Crippen LogP contribution in [-0.2, 0) is 4.79 Å². The first-order valence-electron chi connectivity index (χ1n) is 14.4. The van der Waals surface area contributed by atoms with Crippen LogP contribution in [0.2, 0.25) is 10.0 Å². The van der Waals surface area contributed by atoms with E-state index in [2.05, 4.69) is 15.8 Å². The molecule has 3 N–H and O–H groups in total. The first-order valence-corrected chi connectivity index (χ1v) is 15.2. The van der Waals surface area contributed by atoms with Gasteiger partial charge in [0.05, 0.1) is 26.0 Å². The minimum atomic E-state index is -1.13. The molecule has 0 spiro atoms. The summed E-state index contributed by atoms with van der Waals surface area (Å²) < 4.78 is 10.5. The predicted octanol–water partition coefficient (Wildman–Crippen LogP) is 6.60. The molecule has 0 unspecified atom stereocenters. The third kappa shape index (κ3) is 8.00. The SMILES string of the molecule is COc1ccc(/C=N\NC(=O)CCCCN2C(=O)N(c3cccc(Cl)c3)[C@H](N(O)C(=O)Nc3cccc(Cl)c3)C2(C)C)cc1OC. The van der Waals surface area contributed by atoms with Crippen molar-refractivity contribution in [1.29, 1.82) is 0 Å². The Hall–Kier alpha value is -4.52. The van der Waals surface area contributed by atoms with Gasteiger partial charge in [-0.05, 0) is 86.8 Å². The van der Waals surface area contributed by atoms with Gasteiger partial charge in [-0.2, -0.15) is 10.2 Å². The van der Waals surface area contributed by atoms with Crippen molar-refractivity contribution in [3.8, 4) is 11.5 Å². The van der Waals surface area contributed by atoms with Crippen LogP contribution in [0.15, 0.2) is 71.8 Å². The van der Waals surface area contributed by atoms with E-state index in [9.17, 15) is 19.6 Å². The van der Waals surface area contributed by atoms with Crippen LogP contribution < -0.4 is 25.1 Å². The monoisotopic (exact) mass is 670 g/mol. The molecule has 1 heterocycles. The Morgan fingerprint density at radius 2 is 1.70 bits per heavy atom. The molecule has 3 aromatic rings. The Kier molecular flexibility index (Phi) is 11.3.